The van der Waals surface area contributed by atoms with E-state index in [1.807, 2.05) is 33.8 Å². The first-order chi connectivity index (χ1) is 37.4. The van der Waals surface area contributed by atoms with Gasteiger partial charge in [-0.2, -0.15) is 8.42 Å². The summed E-state index contributed by atoms with van der Waals surface area (Å²) in [6, 6.07) is 1.65. The maximum Gasteiger partial charge on any atom is 0.409 e. The highest BCUT2D eigenvalue weighted by atomic mass is 35.5. The molecule has 1 aromatic carbocycles. The number of Topliss-reactive ketones (excluding diaryl/α,β-unsaturated/α-hetero) is 2. The van der Waals surface area contributed by atoms with E-state index < -0.39 is 122 Å². The van der Waals surface area contributed by atoms with Gasteiger partial charge in [0.15, 0.2) is 17.3 Å². The second-order valence-corrected chi connectivity index (χ2v) is 26.5. The van der Waals surface area contributed by atoms with Crippen LogP contribution in [-0.4, -0.2) is 163 Å². The van der Waals surface area contributed by atoms with Gasteiger partial charge >= 0.3 is 12.1 Å². The van der Waals surface area contributed by atoms with E-state index in [-0.39, 0.29) is 35.8 Å². The Labute approximate surface area is 486 Å². The molecular weight excluding hydrogens is 1110 g/mol. The number of benzene rings is 1. The third kappa shape index (κ3) is 19.7. The fourth-order valence-corrected chi connectivity index (χ4v) is 13.2. The smallest absolute Gasteiger partial charge is 0.409 e. The van der Waals surface area contributed by atoms with Gasteiger partial charge < -0.3 is 49.6 Å². The van der Waals surface area contributed by atoms with Crippen LogP contribution in [0.15, 0.2) is 61.2 Å². The van der Waals surface area contributed by atoms with E-state index in [2.05, 4.69) is 23.8 Å². The number of halogens is 1. The SMILES string of the molecule is C=CC.C=CC(C)C(=O)[C@H](CCCCN)NCC(=O)C(CCSSC(C)(C)CCC(=O)N(C)[C@@H](C)C(=O)O[C@H]1CC(=O)N(C)c2cc(cc(OC)c2Cl)C/C(C)=C/C=C/[C@@H](OC)[C@@]2(O)C[C@H](OC(=O)N2)[C@@H](C)[C@@H]2O[C@@]12C)S(=O)(=O)O. The normalized spacial score (nSPS) is 25.9. The molecule has 0 aliphatic carbocycles. The number of nitrogens with one attached hydrogen (secondary N) is 2. The van der Waals surface area contributed by atoms with Gasteiger partial charge in [-0.3, -0.25) is 29.0 Å². The highest BCUT2D eigenvalue weighted by Gasteiger charge is 2.64. The summed E-state index contributed by atoms with van der Waals surface area (Å²) in [5.74, 6) is -3.32. The summed E-state index contributed by atoms with van der Waals surface area (Å²) in [6.07, 6.45) is 5.31. The number of esters is 1. The molecule has 450 valence electrons. The topological polar surface area (TPSA) is 283 Å². The van der Waals surface area contributed by atoms with Crippen LogP contribution in [0.4, 0.5) is 10.5 Å². The van der Waals surface area contributed by atoms with Crippen molar-refractivity contribution in [3.05, 3.63) is 71.8 Å². The van der Waals surface area contributed by atoms with E-state index in [1.54, 1.807) is 58.2 Å². The number of fused-ring (bicyclic) bond motifs is 5. The summed E-state index contributed by atoms with van der Waals surface area (Å²) in [6.45, 7) is 21.2. The van der Waals surface area contributed by atoms with E-state index in [0.29, 0.717) is 50.1 Å². The summed E-state index contributed by atoms with van der Waals surface area (Å²) >= 11 is 6.82. The molecule has 6 N–H and O–H groups in total. The van der Waals surface area contributed by atoms with Gasteiger partial charge in [0.25, 0.3) is 10.1 Å². The average molecular weight is 1200 g/mol. The zero-order chi connectivity index (χ0) is 60.5. The van der Waals surface area contributed by atoms with Crippen molar-refractivity contribution >= 4 is 84.4 Å². The van der Waals surface area contributed by atoms with Gasteiger partial charge in [0, 0.05) is 56.4 Å². The molecule has 3 heterocycles. The van der Waals surface area contributed by atoms with Crippen molar-refractivity contribution in [1.82, 2.24) is 15.5 Å². The molecule has 4 rings (SSSR count). The van der Waals surface area contributed by atoms with Gasteiger partial charge in [0.05, 0.1) is 37.9 Å². The van der Waals surface area contributed by atoms with Crippen LogP contribution in [0.5, 0.6) is 5.75 Å². The standard InChI is InChI=1S/C53H80ClN5O15S3.C3H6/c1-13-32(3)47(63)36(18-14-15-23-55)56-30-38(60)41(77(67,68)69)21-24-75-76-51(6,7)22-20-44(61)58(9)34(5)49(64)73-43-28-45(62)59(10)37-26-35(27-39(70-11)46(37)54)25-31(2)17-16-19-42(71-12)53(66)29-40(72-50(65)57-53)33(4)48-52(43,8)74-48;1-3-2/h13,16-17,19,26-27,32-34,36,40-43,48,56,66H,1,14-15,18,20-25,28-30,55H2,2-12H3,(H,57,65)(H,67,68,69);3H,1H2,2H3/b19-16+,31-17+;/t32?,33-,34+,36+,40+,41?,42-,43+,48+,52+,53+;/m1./s1. The largest absolute Gasteiger partial charge is 0.495 e. The van der Waals surface area contributed by atoms with Crippen LogP contribution >= 0.6 is 33.2 Å². The number of likely N-dealkylation sites (N-methyl/N-ethyl adjacent to an activating group) is 1. The van der Waals surface area contributed by atoms with E-state index in [4.69, 9.17) is 41.0 Å². The molecule has 0 spiro atoms. The second kappa shape index (κ2) is 31.4. The van der Waals surface area contributed by atoms with Crippen LogP contribution in [0.1, 0.15) is 112 Å². The van der Waals surface area contributed by atoms with Crippen molar-refractivity contribution in [3.8, 4) is 5.75 Å². The van der Waals surface area contributed by atoms with E-state index in [9.17, 15) is 46.8 Å². The molecular formula is C56H86ClN5O15S3. The molecule has 2 saturated heterocycles. The van der Waals surface area contributed by atoms with Gasteiger partial charge in [-0.1, -0.05) is 89.4 Å². The number of ketones is 2. The van der Waals surface area contributed by atoms with Crippen molar-refractivity contribution in [1.29, 1.82) is 0 Å². The molecule has 2 fully saturated rings. The summed E-state index contributed by atoms with van der Waals surface area (Å²) in [5, 5.41) is 15.7. The predicted octanol–water partition coefficient (Wildman–Crippen LogP) is 7.34. The third-order valence-corrected chi connectivity index (χ3v) is 19.5. The maximum atomic E-state index is 14.4. The molecule has 3 amide bonds. The molecule has 24 heteroatoms. The monoisotopic (exact) mass is 1200 g/mol. The van der Waals surface area contributed by atoms with Crippen LogP contribution in [0.3, 0.4) is 0 Å². The second-order valence-electron chi connectivity index (χ2n) is 21.4. The van der Waals surface area contributed by atoms with Gasteiger partial charge in [0.2, 0.25) is 11.8 Å². The Morgan fingerprint density at radius 2 is 1.81 bits per heavy atom. The summed E-state index contributed by atoms with van der Waals surface area (Å²) in [5.41, 5.74) is 4.38. The Hall–Kier alpha value is -4.30. The molecule has 0 saturated carbocycles. The van der Waals surface area contributed by atoms with Crippen LogP contribution in [-0.2, 0) is 59.5 Å². The Kier molecular flexibility index (Phi) is 27.4. The minimum Gasteiger partial charge on any atom is -0.495 e. The first-order valence-electron chi connectivity index (χ1n) is 26.7. The fourth-order valence-electron chi connectivity index (χ4n) is 9.29. The summed E-state index contributed by atoms with van der Waals surface area (Å²) in [7, 11) is 3.72. The zero-order valence-corrected chi connectivity index (χ0v) is 51.6. The Balaban J connectivity index is 0.00000547. The predicted molar refractivity (Wildman–Crippen MR) is 314 cm³/mol. The number of carbonyl (C=O) groups excluding carboxylic acids is 6. The number of epoxide rings is 1. The number of methoxy groups -OCH3 is 2. The number of nitrogens with two attached hydrogens (primary N) is 1. The van der Waals surface area contributed by atoms with Crippen LogP contribution in [0.25, 0.3) is 0 Å². The number of anilines is 1. The molecule has 4 bridgehead atoms. The lowest BCUT2D eigenvalue weighted by molar-refractivity contribution is -0.162. The van der Waals surface area contributed by atoms with Crippen molar-refractivity contribution < 1.29 is 70.5 Å². The number of rotatable bonds is 25. The molecule has 80 heavy (non-hydrogen) atoms. The Morgan fingerprint density at radius 3 is 2.41 bits per heavy atom. The Bertz CT molecular complexity index is 2530. The van der Waals surface area contributed by atoms with Gasteiger partial charge in [-0.25, -0.2) is 9.59 Å². The maximum absolute atomic E-state index is 14.4. The number of nitrogens with zero attached hydrogens (tertiary/aromatic N) is 2. The lowest BCUT2D eigenvalue weighted by atomic mass is 9.83. The molecule has 11 atom stereocenters. The number of hydrogen-bond donors (Lipinski definition) is 5. The number of aliphatic hydroxyl groups is 1. The van der Waals surface area contributed by atoms with E-state index in [0.717, 1.165) is 11.1 Å². The quantitative estimate of drug-likeness (QED) is 0.0160. The number of unbranched alkanes of at least 4 members (excludes halogenated alkanes) is 1. The first kappa shape index (κ1) is 70.0. The molecule has 3 aliphatic rings. The van der Waals surface area contributed by atoms with Crippen molar-refractivity contribution in [2.75, 3.05) is 52.1 Å². The number of ether oxygens (including phenoxy) is 5. The fraction of sp³-hybridized carbons (Fsp3) is 0.643. The van der Waals surface area contributed by atoms with E-state index in [1.165, 1.54) is 65.7 Å². The molecule has 2 unspecified atom stereocenters. The molecule has 1 aromatic rings. The van der Waals surface area contributed by atoms with Gasteiger partial charge in [0.1, 0.15) is 46.0 Å². The number of hydrogen-bond acceptors (Lipinski definition) is 18. The number of amides is 3. The van der Waals surface area contributed by atoms with Crippen molar-refractivity contribution in [3.63, 3.8) is 0 Å². The Morgan fingerprint density at radius 1 is 1.15 bits per heavy atom. The third-order valence-electron chi connectivity index (χ3n) is 14.5. The van der Waals surface area contributed by atoms with Crippen LogP contribution in [0.2, 0.25) is 5.02 Å². The lowest BCUT2D eigenvalue weighted by Crippen LogP contribution is -2.63. The van der Waals surface area contributed by atoms with Gasteiger partial charge in [-0.15, -0.1) is 13.2 Å². The summed E-state index contributed by atoms with van der Waals surface area (Å²) < 4.78 is 63.7. The van der Waals surface area contributed by atoms with Crippen molar-refractivity contribution in [2.45, 2.75) is 171 Å². The molecule has 3 aliphatic heterocycles. The number of allylic oxidation sites excluding steroid dienone is 5. The first-order valence-corrected chi connectivity index (χ1v) is 30.9. The minimum atomic E-state index is -4.79. The lowest BCUT2D eigenvalue weighted by Gasteiger charge is -2.42. The van der Waals surface area contributed by atoms with Crippen molar-refractivity contribution in [2.24, 2.45) is 17.6 Å². The average Bonchev–Trinajstić information content (AvgIpc) is 4.09. The van der Waals surface area contributed by atoms with Gasteiger partial charge in [-0.05, 0) is 97.9 Å². The molecule has 20 nitrogen and oxygen atoms in total. The highest BCUT2D eigenvalue weighted by molar-refractivity contribution is 8.77. The minimum absolute atomic E-state index is 0.00508. The number of alkyl carbamates (subject to hydrolysis) is 1. The van der Waals surface area contributed by atoms with E-state index >= 15 is 0 Å². The molecule has 0 radical (unpaired) electrons. The highest BCUT2D eigenvalue weighted by Crippen LogP contribution is 2.49. The van der Waals surface area contributed by atoms with Crippen LogP contribution in [0, 0.1) is 11.8 Å². The summed E-state index contributed by atoms with van der Waals surface area (Å²) in [4.78, 5) is 84.1. The molecule has 0 aromatic heterocycles. The zero-order valence-electron chi connectivity index (χ0n) is 48.4. The van der Waals surface area contributed by atoms with Crippen LogP contribution < -0.4 is 26.0 Å². The number of carbonyl (C=O) groups is 6.